The van der Waals surface area contributed by atoms with Crippen molar-refractivity contribution in [2.75, 3.05) is 0 Å². The van der Waals surface area contributed by atoms with Crippen molar-refractivity contribution in [1.29, 1.82) is 0 Å². The van der Waals surface area contributed by atoms with Gasteiger partial charge in [-0.05, 0) is 6.42 Å². The summed E-state index contributed by atoms with van der Waals surface area (Å²) < 4.78 is 9.02. The van der Waals surface area contributed by atoms with Crippen LogP contribution in [0.3, 0.4) is 0 Å². The third-order valence-electron chi connectivity index (χ3n) is 2.45. The number of hydrogen-bond donors (Lipinski definition) is 0. The van der Waals surface area contributed by atoms with E-state index in [1.165, 1.54) is 0 Å². The molecule has 0 N–H and O–H groups in total. The molecule has 2 rings (SSSR count). The Morgan fingerprint density at radius 1 is 1.00 bits per heavy atom. The zero-order valence-electron chi connectivity index (χ0n) is 7.78. The van der Waals surface area contributed by atoms with Crippen molar-refractivity contribution < 1.29 is 28.7 Å². The Balaban J connectivity index is 2.38. The van der Waals surface area contributed by atoms with Crippen molar-refractivity contribution in [3.05, 3.63) is 0 Å². The summed E-state index contributed by atoms with van der Waals surface area (Å²) in [5, 5.41) is 0. The minimum atomic E-state index is -1.98. The second-order valence-corrected chi connectivity index (χ2v) is 3.52. The van der Waals surface area contributed by atoms with Gasteiger partial charge in [-0.3, -0.25) is 14.4 Å². The molecule has 0 bridgehead atoms. The Bertz CT molecular complexity index is 371. The number of rotatable bonds is 0. The maximum Gasteiger partial charge on any atom is 0.366 e. The van der Waals surface area contributed by atoms with Gasteiger partial charge in [0.2, 0.25) is 0 Å². The molecule has 0 amide bonds. The van der Waals surface area contributed by atoms with E-state index in [2.05, 4.69) is 4.74 Å². The fourth-order valence-electron chi connectivity index (χ4n) is 1.68. The van der Waals surface area contributed by atoms with E-state index in [0.29, 0.717) is 6.42 Å². The standard InChI is InChI=1S/C9H8O6/c10-5-2-1-3-6(11)15-9(5)4-7(12)14-8(9)13/h1-4H2. The van der Waals surface area contributed by atoms with Gasteiger partial charge in [-0.25, -0.2) is 4.79 Å². The van der Waals surface area contributed by atoms with E-state index in [1.807, 2.05) is 0 Å². The number of carbonyl (C=O) groups excluding carboxylic acids is 4. The van der Waals surface area contributed by atoms with Gasteiger partial charge in [0.1, 0.15) is 6.42 Å². The summed E-state index contributed by atoms with van der Waals surface area (Å²) in [6, 6.07) is 0. The number of ether oxygens (including phenoxy) is 2. The zero-order valence-corrected chi connectivity index (χ0v) is 7.78. The largest absolute Gasteiger partial charge is 0.438 e. The summed E-state index contributed by atoms with van der Waals surface area (Å²) in [5.74, 6) is -3.09. The molecule has 1 unspecified atom stereocenters. The van der Waals surface area contributed by atoms with Crippen LogP contribution in [0.2, 0.25) is 0 Å². The highest BCUT2D eigenvalue weighted by atomic mass is 16.6. The number of ketones is 1. The van der Waals surface area contributed by atoms with Crippen LogP contribution in [0.1, 0.15) is 25.7 Å². The van der Waals surface area contributed by atoms with E-state index in [0.717, 1.165) is 0 Å². The number of esters is 3. The van der Waals surface area contributed by atoms with Crippen LogP contribution in [-0.4, -0.2) is 29.3 Å². The fourth-order valence-corrected chi connectivity index (χ4v) is 1.68. The maximum atomic E-state index is 11.6. The normalized spacial score (nSPS) is 31.5. The minimum Gasteiger partial charge on any atom is -0.438 e. The van der Waals surface area contributed by atoms with Gasteiger partial charge in [0.05, 0.1) is 0 Å². The van der Waals surface area contributed by atoms with Crippen molar-refractivity contribution >= 4 is 23.7 Å². The highest BCUT2D eigenvalue weighted by Crippen LogP contribution is 2.31. The molecule has 15 heavy (non-hydrogen) atoms. The first-order valence-corrected chi connectivity index (χ1v) is 4.55. The average molecular weight is 212 g/mol. The summed E-state index contributed by atoms with van der Waals surface area (Å²) in [4.78, 5) is 45.0. The molecule has 2 heterocycles. The van der Waals surface area contributed by atoms with E-state index >= 15 is 0 Å². The van der Waals surface area contributed by atoms with Crippen LogP contribution in [0, 0.1) is 0 Å². The van der Waals surface area contributed by atoms with Crippen molar-refractivity contribution in [1.82, 2.24) is 0 Å². The molecule has 0 aliphatic carbocycles. The first-order chi connectivity index (χ1) is 7.04. The van der Waals surface area contributed by atoms with Crippen LogP contribution in [0.25, 0.3) is 0 Å². The molecule has 1 atom stereocenters. The Morgan fingerprint density at radius 2 is 1.73 bits per heavy atom. The second kappa shape index (κ2) is 3.15. The van der Waals surface area contributed by atoms with E-state index in [4.69, 9.17) is 4.74 Å². The third-order valence-corrected chi connectivity index (χ3v) is 2.45. The predicted molar refractivity (Wildman–Crippen MR) is 43.4 cm³/mol. The molecule has 2 fully saturated rings. The molecule has 80 valence electrons. The molecule has 1 spiro atoms. The molecule has 0 aromatic rings. The first kappa shape index (κ1) is 9.82. The van der Waals surface area contributed by atoms with Gasteiger partial charge in [-0.15, -0.1) is 0 Å². The minimum absolute atomic E-state index is 0.0497. The Hall–Kier alpha value is -1.72. The van der Waals surface area contributed by atoms with Crippen molar-refractivity contribution in [3.63, 3.8) is 0 Å². The van der Waals surface area contributed by atoms with Gasteiger partial charge in [-0.2, -0.15) is 0 Å². The molecule has 0 saturated carbocycles. The van der Waals surface area contributed by atoms with Gasteiger partial charge in [0, 0.05) is 12.8 Å². The predicted octanol–water partition coefficient (Wildman–Crippen LogP) is -0.505. The van der Waals surface area contributed by atoms with Crippen LogP contribution in [0.15, 0.2) is 0 Å². The molecule has 0 aromatic carbocycles. The molecule has 0 aromatic heterocycles. The summed E-state index contributed by atoms with van der Waals surface area (Å²) in [5.41, 5.74) is -1.98. The summed E-state index contributed by atoms with van der Waals surface area (Å²) in [6.45, 7) is 0. The fraction of sp³-hybridized carbons (Fsp3) is 0.556. The lowest BCUT2D eigenvalue weighted by Gasteiger charge is -2.19. The highest BCUT2D eigenvalue weighted by Gasteiger charge is 2.58. The average Bonchev–Trinajstić information content (AvgIpc) is 2.33. The summed E-state index contributed by atoms with van der Waals surface area (Å²) >= 11 is 0. The Morgan fingerprint density at radius 3 is 2.33 bits per heavy atom. The van der Waals surface area contributed by atoms with Gasteiger partial charge < -0.3 is 9.47 Å². The van der Waals surface area contributed by atoms with Gasteiger partial charge in [-0.1, -0.05) is 0 Å². The molecule has 6 heteroatoms. The Labute approximate surface area is 84.5 Å². The van der Waals surface area contributed by atoms with Crippen LogP contribution in [0.4, 0.5) is 0 Å². The van der Waals surface area contributed by atoms with Crippen molar-refractivity contribution in [2.24, 2.45) is 0 Å². The lowest BCUT2D eigenvalue weighted by molar-refractivity contribution is -0.175. The van der Waals surface area contributed by atoms with Crippen LogP contribution >= 0.6 is 0 Å². The number of cyclic esters (lactones) is 2. The van der Waals surface area contributed by atoms with E-state index in [9.17, 15) is 19.2 Å². The number of Topliss-reactive ketones (excluding diaryl/α,β-unsaturated/α-hetero) is 1. The Kier molecular flexibility index (Phi) is 2.06. The topological polar surface area (TPSA) is 86.7 Å². The summed E-state index contributed by atoms with van der Waals surface area (Å²) in [6.07, 6.45) is -0.0274. The molecule has 2 aliphatic rings. The van der Waals surface area contributed by atoms with Crippen LogP contribution in [0.5, 0.6) is 0 Å². The molecule has 2 aliphatic heterocycles. The van der Waals surface area contributed by atoms with Crippen LogP contribution < -0.4 is 0 Å². The van der Waals surface area contributed by atoms with Gasteiger partial charge >= 0.3 is 17.9 Å². The summed E-state index contributed by atoms with van der Waals surface area (Å²) in [7, 11) is 0. The maximum absolute atomic E-state index is 11.6. The quantitative estimate of drug-likeness (QED) is 0.397. The molecule has 2 saturated heterocycles. The highest BCUT2D eigenvalue weighted by molar-refractivity contribution is 6.17. The van der Waals surface area contributed by atoms with Crippen molar-refractivity contribution in [2.45, 2.75) is 31.3 Å². The van der Waals surface area contributed by atoms with Gasteiger partial charge in [0.15, 0.2) is 5.78 Å². The van der Waals surface area contributed by atoms with Crippen molar-refractivity contribution in [3.8, 4) is 0 Å². The molecule has 6 nitrogen and oxygen atoms in total. The first-order valence-electron chi connectivity index (χ1n) is 4.55. The van der Waals surface area contributed by atoms with Crippen LogP contribution in [-0.2, 0) is 28.7 Å². The molecular weight excluding hydrogens is 204 g/mol. The molecular formula is C9H8O6. The number of hydrogen-bond acceptors (Lipinski definition) is 6. The zero-order chi connectivity index (χ0) is 11.1. The second-order valence-electron chi connectivity index (χ2n) is 3.52. The van der Waals surface area contributed by atoms with E-state index in [1.54, 1.807) is 0 Å². The molecule has 0 radical (unpaired) electrons. The van der Waals surface area contributed by atoms with Gasteiger partial charge in [0.25, 0.3) is 5.60 Å². The lowest BCUT2D eigenvalue weighted by Crippen LogP contribution is -2.46. The van der Waals surface area contributed by atoms with E-state index < -0.39 is 35.7 Å². The van der Waals surface area contributed by atoms with E-state index in [-0.39, 0.29) is 12.8 Å². The smallest absolute Gasteiger partial charge is 0.366 e. The monoisotopic (exact) mass is 212 g/mol. The number of carbonyl (C=O) groups is 4. The third kappa shape index (κ3) is 1.42. The lowest BCUT2D eigenvalue weighted by atomic mass is 9.94. The SMILES string of the molecule is O=C1CC2(OC(=O)CCCC2=O)C(=O)O1.